The third kappa shape index (κ3) is 1.54. The molecule has 1 aromatic heterocycles. The molecule has 0 spiro atoms. The first-order valence-corrected chi connectivity index (χ1v) is 6.51. The van der Waals surface area contributed by atoms with Gasteiger partial charge in [-0.1, -0.05) is 11.6 Å². The molecule has 1 aromatic carbocycles. The zero-order valence-corrected chi connectivity index (χ0v) is 10.8. The predicted octanol–water partition coefficient (Wildman–Crippen LogP) is 3.07. The van der Waals surface area contributed by atoms with E-state index in [-0.39, 0.29) is 5.97 Å². The first-order valence-electron chi connectivity index (χ1n) is 6.51. The van der Waals surface area contributed by atoms with Crippen LogP contribution in [0.3, 0.4) is 0 Å². The van der Waals surface area contributed by atoms with Crippen LogP contribution in [0.2, 0.25) is 0 Å². The maximum Gasteiger partial charge on any atom is 0.340 e. The van der Waals surface area contributed by atoms with Crippen LogP contribution in [0.25, 0.3) is 10.9 Å². The average Bonchev–Trinajstić information content (AvgIpc) is 2.88. The van der Waals surface area contributed by atoms with Gasteiger partial charge < -0.3 is 9.30 Å². The van der Waals surface area contributed by atoms with E-state index in [9.17, 15) is 4.79 Å². The average molecular weight is 243 g/mol. The number of nitrogens with zero attached hydrogens (tertiary/aromatic N) is 1. The van der Waals surface area contributed by atoms with E-state index in [1.807, 2.05) is 6.92 Å². The highest BCUT2D eigenvalue weighted by atomic mass is 16.5. The van der Waals surface area contributed by atoms with Crippen LogP contribution in [-0.4, -0.2) is 17.1 Å². The lowest BCUT2D eigenvalue weighted by Gasteiger charge is -2.02. The fraction of sp³-hybridized carbons (Fsp3) is 0.400. The van der Waals surface area contributed by atoms with Crippen LogP contribution in [-0.2, 0) is 17.7 Å². The minimum Gasteiger partial charge on any atom is -0.462 e. The van der Waals surface area contributed by atoms with Crippen molar-refractivity contribution in [3.05, 3.63) is 35.0 Å². The summed E-state index contributed by atoms with van der Waals surface area (Å²) in [5.74, 6) is -0.177. The first-order chi connectivity index (χ1) is 8.72. The van der Waals surface area contributed by atoms with Crippen molar-refractivity contribution in [1.82, 2.24) is 4.57 Å². The zero-order chi connectivity index (χ0) is 12.7. The topological polar surface area (TPSA) is 31.2 Å². The Balaban J connectivity index is 2.28. The Morgan fingerprint density at radius 2 is 2.28 bits per heavy atom. The van der Waals surface area contributed by atoms with Crippen LogP contribution in [0.1, 0.15) is 35.0 Å². The SMILES string of the molecule is CCOC(=O)c1c2n(c3ccc(C)cc13)CCC2. The second-order valence-corrected chi connectivity index (χ2v) is 4.82. The summed E-state index contributed by atoms with van der Waals surface area (Å²) in [6.07, 6.45) is 2.09. The van der Waals surface area contributed by atoms with Crippen molar-refractivity contribution in [2.45, 2.75) is 33.2 Å². The quantitative estimate of drug-likeness (QED) is 0.759. The summed E-state index contributed by atoms with van der Waals surface area (Å²) in [7, 11) is 0. The molecule has 0 atom stereocenters. The highest BCUT2D eigenvalue weighted by Gasteiger charge is 2.26. The number of fused-ring (bicyclic) bond motifs is 3. The van der Waals surface area contributed by atoms with Crippen molar-refractivity contribution >= 4 is 16.9 Å². The molecule has 3 rings (SSSR count). The Bertz CT molecular complexity index is 625. The number of aryl methyl sites for hydroxylation is 2. The normalized spacial score (nSPS) is 13.9. The van der Waals surface area contributed by atoms with E-state index >= 15 is 0 Å². The number of carbonyl (C=O) groups is 1. The summed E-state index contributed by atoms with van der Waals surface area (Å²) in [4.78, 5) is 12.2. The van der Waals surface area contributed by atoms with Crippen LogP contribution >= 0.6 is 0 Å². The van der Waals surface area contributed by atoms with E-state index < -0.39 is 0 Å². The molecule has 0 amide bonds. The Labute approximate surface area is 106 Å². The van der Waals surface area contributed by atoms with E-state index in [0.29, 0.717) is 6.61 Å². The van der Waals surface area contributed by atoms with Crippen molar-refractivity contribution in [1.29, 1.82) is 0 Å². The van der Waals surface area contributed by atoms with Crippen LogP contribution in [0.15, 0.2) is 18.2 Å². The minimum absolute atomic E-state index is 0.177. The van der Waals surface area contributed by atoms with Gasteiger partial charge in [0.1, 0.15) is 0 Å². The summed E-state index contributed by atoms with van der Waals surface area (Å²) in [6, 6.07) is 6.30. The van der Waals surface area contributed by atoms with E-state index in [4.69, 9.17) is 4.74 Å². The molecule has 3 nitrogen and oxygen atoms in total. The van der Waals surface area contributed by atoms with Gasteiger partial charge in [0, 0.05) is 23.1 Å². The smallest absolute Gasteiger partial charge is 0.340 e. The zero-order valence-electron chi connectivity index (χ0n) is 10.8. The Morgan fingerprint density at radius 1 is 1.44 bits per heavy atom. The van der Waals surface area contributed by atoms with Gasteiger partial charge in [-0.05, 0) is 38.8 Å². The number of aromatic nitrogens is 1. The third-order valence-corrected chi connectivity index (χ3v) is 3.60. The van der Waals surface area contributed by atoms with Crippen LogP contribution in [0, 0.1) is 6.92 Å². The summed E-state index contributed by atoms with van der Waals surface area (Å²) >= 11 is 0. The maximum absolute atomic E-state index is 12.2. The Kier molecular flexibility index (Phi) is 2.62. The molecular formula is C15H17NO2. The number of ether oxygens (including phenoxy) is 1. The van der Waals surface area contributed by atoms with E-state index in [1.165, 1.54) is 5.56 Å². The van der Waals surface area contributed by atoms with Gasteiger partial charge in [0.15, 0.2) is 0 Å². The molecule has 1 aliphatic heterocycles. The maximum atomic E-state index is 12.2. The molecule has 0 saturated carbocycles. The molecule has 0 bridgehead atoms. The van der Waals surface area contributed by atoms with Crippen molar-refractivity contribution in [2.75, 3.05) is 6.61 Å². The molecule has 3 heteroatoms. The highest BCUT2D eigenvalue weighted by molar-refractivity contribution is 6.06. The van der Waals surface area contributed by atoms with Gasteiger partial charge >= 0.3 is 5.97 Å². The van der Waals surface area contributed by atoms with Gasteiger partial charge in [-0.3, -0.25) is 0 Å². The van der Waals surface area contributed by atoms with Crippen molar-refractivity contribution in [3.63, 3.8) is 0 Å². The molecule has 0 saturated heterocycles. The van der Waals surface area contributed by atoms with Crippen LogP contribution in [0.4, 0.5) is 0 Å². The summed E-state index contributed by atoms with van der Waals surface area (Å²) < 4.78 is 7.47. The predicted molar refractivity (Wildman–Crippen MR) is 71.0 cm³/mol. The third-order valence-electron chi connectivity index (χ3n) is 3.60. The van der Waals surface area contributed by atoms with Gasteiger partial charge in [-0.25, -0.2) is 4.79 Å². The van der Waals surface area contributed by atoms with E-state index in [0.717, 1.165) is 41.5 Å². The number of rotatable bonds is 2. The fourth-order valence-electron chi connectivity index (χ4n) is 2.87. The first kappa shape index (κ1) is 11.3. The second-order valence-electron chi connectivity index (χ2n) is 4.82. The van der Waals surface area contributed by atoms with Crippen molar-refractivity contribution < 1.29 is 9.53 Å². The molecule has 18 heavy (non-hydrogen) atoms. The van der Waals surface area contributed by atoms with Crippen LogP contribution in [0.5, 0.6) is 0 Å². The Hall–Kier alpha value is -1.77. The van der Waals surface area contributed by atoms with Gasteiger partial charge in [0.2, 0.25) is 0 Å². The minimum atomic E-state index is -0.177. The van der Waals surface area contributed by atoms with Gasteiger partial charge in [-0.15, -0.1) is 0 Å². The number of esters is 1. The molecule has 0 fully saturated rings. The van der Waals surface area contributed by atoms with Gasteiger partial charge in [0.05, 0.1) is 12.2 Å². The molecule has 2 aromatic rings. The molecule has 0 aliphatic carbocycles. The molecule has 1 aliphatic rings. The lowest BCUT2D eigenvalue weighted by Crippen LogP contribution is -2.06. The molecule has 2 heterocycles. The number of hydrogen-bond acceptors (Lipinski definition) is 2. The summed E-state index contributed by atoms with van der Waals surface area (Å²) in [6.45, 7) is 5.34. The fourth-order valence-corrected chi connectivity index (χ4v) is 2.87. The number of carbonyl (C=O) groups excluding carboxylic acids is 1. The molecule has 0 N–H and O–H groups in total. The molecule has 94 valence electrons. The summed E-state index contributed by atoms with van der Waals surface area (Å²) in [5, 5.41) is 1.04. The van der Waals surface area contributed by atoms with Crippen molar-refractivity contribution in [3.8, 4) is 0 Å². The monoisotopic (exact) mass is 243 g/mol. The van der Waals surface area contributed by atoms with Crippen LogP contribution < -0.4 is 0 Å². The number of benzene rings is 1. The standard InChI is InChI=1S/C15H17NO2/c1-3-18-15(17)14-11-9-10(2)6-7-12(11)16-8-4-5-13(14)16/h6-7,9H,3-5,8H2,1-2H3. The highest BCUT2D eigenvalue weighted by Crippen LogP contribution is 2.32. The van der Waals surface area contributed by atoms with Gasteiger partial charge in [-0.2, -0.15) is 0 Å². The van der Waals surface area contributed by atoms with E-state index in [2.05, 4.69) is 29.7 Å². The van der Waals surface area contributed by atoms with Crippen molar-refractivity contribution in [2.24, 2.45) is 0 Å². The largest absolute Gasteiger partial charge is 0.462 e. The molecule has 0 unspecified atom stereocenters. The van der Waals surface area contributed by atoms with Gasteiger partial charge in [0.25, 0.3) is 0 Å². The summed E-state index contributed by atoms with van der Waals surface area (Å²) in [5.41, 5.74) is 4.27. The van der Waals surface area contributed by atoms with E-state index in [1.54, 1.807) is 0 Å². The lowest BCUT2D eigenvalue weighted by molar-refractivity contribution is 0.0527. The second kappa shape index (κ2) is 4.16. The lowest BCUT2D eigenvalue weighted by atomic mass is 10.1. The molecule has 0 radical (unpaired) electrons. The Morgan fingerprint density at radius 3 is 3.06 bits per heavy atom. The number of hydrogen-bond donors (Lipinski definition) is 0. The molecular weight excluding hydrogens is 226 g/mol.